The molecule has 0 saturated heterocycles. The zero-order valence-corrected chi connectivity index (χ0v) is 13.8. The van der Waals surface area contributed by atoms with Crippen LogP contribution in [0.1, 0.15) is 30.0 Å². The van der Waals surface area contributed by atoms with E-state index in [1.165, 1.54) is 0 Å². The zero-order valence-electron chi connectivity index (χ0n) is 11.5. The van der Waals surface area contributed by atoms with Crippen molar-refractivity contribution in [3.8, 4) is 0 Å². The van der Waals surface area contributed by atoms with E-state index in [1.807, 2.05) is 30.3 Å². The molecule has 0 saturated carbocycles. The van der Waals surface area contributed by atoms with Gasteiger partial charge in [-0.3, -0.25) is 0 Å². The molecule has 3 nitrogen and oxygen atoms in total. The minimum atomic E-state index is -0.0164. The number of methoxy groups -OCH3 is 1. The molecule has 0 aliphatic rings. The maximum absolute atomic E-state index is 6.00. The number of halogens is 2. The average Bonchev–Trinajstić information content (AvgIpc) is 2.86. The van der Waals surface area contributed by atoms with E-state index in [4.69, 9.17) is 20.8 Å². The van der Waals surface area contributed by atoms with Crippen molar-refractivity contribution in [2.45, 2.75) is 19.6 Å². The van der Waals surface area contributed by atoms with Crippen molar-refractivity contribution in [1.82, 2.24) is 5.32 Å². The molecule has 1 aromatic heterocycles. The van der Waals surface area contributed by atoms with Gasteiger partial charge in [-0.15, -0.1) is 0 Å². The molecule has 0 bridgehead atoms. The van der Waals surface area contributed by atoms with Gasteiger partial charge in [-0.1, -0.05) is 40.5 Å². The molecule has 2 rings (SSSR count). The van der Waals surface area contributed by atoms with Crippen molar-refractivity contribution in [2.24, 2.45) is 0 Å². The van der Waals surface area contributed by atoms with Crippen molar-refractivity contribution in [3.05, 3.63) is 56.9 Å². The first kappa shape index (κ1) is 15.6. The van der Waals surface area contributed by atoms with Crippen LogP contribution < -0.4 is 5.32 Å². The summed E-state index contributed by atoms with van der Waals surface area (Å²) in [5.74, 6) is 1.68. The van der Waals surface area contributed by atoms with E-state index in [9.17, 15) is 0 Å². The number of benzene rings is 1. The zero-order chi connectivity index (χ0) is 14.5. The second-order valence-corrected chi connectivity index (χ2v) is 5.68. The Kier molecular flexibility index (Phi) is 5.66. The van der Waals surface area contributed by atoms with Gasteiger partial charge in [0.1, 0.15) is 18.1 Å². The van der Waals surface area contributed by atoms with Crippen LogP contribution in [0.5, 0.6) is 0 Å². The first-order chi connectivity index (χ1) is 9.65. The fraction of sp³-hybridized carbons (Fsp3) is 0.333. The van der Waals surface area contributed by atoms with Crippen LogP contribution >= 0.6 is 27.5 Å². The number of rotatable bonds is 6. The van der Waals surface area contributed by atoms with Gasteiger partial charge < -0.3 is 14.5 Å². The van der Waals surface area contributed by atoms with Gasteiger partial charge in [0, 0.05) is 16.6 Å². The summed E-state index contributed by atoms with van der Waals surface area (Å²) in [4.78, 5) is 0. The van der Waals surface area contributed by atoms with Gasteiger partial charge in [0.05, 0.1) is 6.04 Å². The molecule has 0 spiro atoms. The minimum absolute atomic E-state index is 0.0164. The number of hydrogen-bond acceptors (Lipinski definition) is 3. The van der Waals surface area contributed by atoms with Crippen LogP contribution in [-0.2, 0) is 11.3 Å². The minimum Gasteiger partial charge on any atom is -0.462 e. The summed E-state index contributed by atoms with van der Waals surface area (Å²) >= 11 is 9.56. The SMILES string of the molecule is CCNC(c1ccc(COC)o1)c1ccc(Cl)cc1Br. The van der Waals surface area contributed by atoms with Gasteiger partial charge in [-0.05, 0) is 36.4 Å². The van der Waals surface area contributed by atoms with Crippen LogP contribution in [0.15, 0.2) is 39.2 Å². The normalized spacial score (nSPS) is 12.6. The highest BCUT2D eigenvalue weighted by Crippen LogP contribution is 2.31. The van der Waals surface area contributed by atoms with Crippen molar-refractivity contribution in [3.63, 3.8) is 0 Å². The lowest BCUT2D eigenvalue weighted by Gasteiger charge is -2.18. The van der Waals surface area contributed by atoms with Crippen LogP contribution in [0.2, 0.25) is 5.02 Å². The van der Waals surface area contributed by atoms with E-state index < -0.39 is 0 Å². The Balaban J connectivity index is 2.34. The van der Waals surface area contributed by atoms with Crippen LogP contribution in [0.3, 0.4) is 0 Å². The van der Waals surface area contributed by atoms with E-state index in [0.717, 1.165) is 28.1 Å². The van der Waals surface area contributed by atoms with Crippen molar-refractivity contribution in [1.29, 1.82) is 0 Å². The van der Waals surface area contributed by atoms with E-state index in [2.05, 4.69) is 28.2 Å². The third kappa shape index (κ3) is 3.64. The molecule has 0 fully saturated rings. The molecule has 1 atom stereocenters. The summed E-state index contributed by atoms with van der Waals surface area (Å²) in [6, 6.07) is 9.66. The van der Waals surface area contributed by atoms with Crippen LogP contribution in [0, 0.1) is 0 Å². The second kappa shape index (κ2) is 7.27. The molecule has 0 aliphatic heterocycles. The van der Waals surface area contributed by atoms with Crippen LogP contribution in [-0.4, -0.2) is 13.7 Å². The summed E-state index contributed by atoms with van der Waals surface area (Å²) in [6.07, 6.45) is 0. The fourth-order valence-corrected chi connectivity index (χ4v) is 2.98. The maximum Gasteiger partial charge on any atom is 0.129 e. The highest BCUT2D eigenvalue weighted by atomic mass is 79.9. The first-order valence-electron chi connectivity index (χ1n) is 6.41. The van der Waals surface area contributed by atoms with Gasteiger partial charge >= 0.3 is 0 Å². The number of ether oxygens (including phenoxy) is 1. The van der Waals surface area contributed by atoms with Crippen LogP contribution in [0.25, 0.3) is 0 Å². The molecule has 0 aliphatic carbocycles. The molecule has 1 aromatic carbocycles. The number of nitrogens with one attached hydrogen (secondary N) is 1. The lowest BCUT2D eigenvalue weighted by Crippen LogP contribution is -2.21. The highest BCUT2D eigenvalue weighted by Gasteiger charge is 2.19. The Morgan fingerprint density at radius 2 is 2.15 bits per heavy atom. The van der Waals surface area contributed by atoms with Gasteiger partial charge in [-0.2, -0.15) is 0 Å². The molecule has 0 amide bonds. The maximum atomic E-state index is 6.00. The van der Waals surface area contributed by atoms with Crippen molar-refractivity contribution in [2.75, 3.05) is 13.7 Å². The second-order valence-electron chi connectivity index (χ2n) is 4.39. The summed E-state index contributed by atoms with van der Waals surface area (Å²) in [5, 5.41) is 4.13. The Labute approximate surface area is 132 Å². The summed E-state index contributed by atoms with van der Waals surface area (Å²) < 4.78 is 11.9. The molecular weight excluding hydrogens is 342 g/mol. The Bertz CT molecular complexity index is 571. The Morgan fingerprint density at radius 1 is 1.35 bits per heavy atom. The summed E-state index contributed by atoms with van der Waals surface area (Å²) in [7, 11) is 1.65. The summed E-state index contributed by atoms with van der Waals surface area (Å²) in [6.45, 7) is 3.37. The topological polar surface area (TPSA) is 34.4 Å². The molecule has 1 heterocycles. The molecular formula is C15H17BrClNO2. The smallest absolute Gasteiger partial charge is 0.129 e. The van der Waals surface area contributed by atoms with Gasteiger partial charge in [-0.25, -0.2) is 0 Å². The molecule has 5 heteroatoms. The van der Waals surface area contributed by atoms with E-state index in [0.29, 0.717) is 11.6 Å². The predicted octanol–water partition coefficient (Wildman–Crippen LogP) is 4.54. The van der Waals surface area contributed by atoms with Crippen LogP contribution in [0.4, 0.5) is 0 Å². The number of hydrogen-bond donors (Lipinski definition) is 1. The predicted molar refractivity (Wildman–Crippen MR) is 84.1 cm³/mol. The third-order valence-corrected chi connectivity index (χ3v) is 3.86. The monoisotopic (exact) mass is 357 g/mol. The molecule has 1 N–H and O–H groups in total. The first-order valence-corrected chi connectivity index (χ1v) is 7.58. The highest BCUT2D eigenvalue weighted by molar-refractivity contribution is 9.10. The molecule has 2 aromatic rings. The molecule has 1 unspecified atom stereocenters. The quantitative estimate of drug-likeness (QED) is 0.823. The third-order valence-electron chi connectivity index (χ3n) is 2.94. The lowest BCUT2D eigenvalue weighted by molar-refractivity contribution is 0.162. The largest absolute Gasteiger partial charge is 0.462 e. The van der Waals surface area contributed by atoms with Gasteiger partial charge in [0.25, 0.3) is 0 Å². The van der Waals surface area contributed by atoms with Crippen molar-refractivity contribution < 1.29 is 9.15 Å². The van der Waals surface area contributed by atoms with Gasteiger partial charge in [0.2, 0.25) is 0 Å². The Morgan fingerprint density at radius 3 is 2.80 bits per heavy atom. The lowest BCUT2D eigenvalue weighted by atomic mass is 10.0. The fourth-order valence-electron chi connectivity index (χ4n) is 2.07. The van der Waals surface area contributed by atoms with E-state index in [1.54, 1.807) is 7.11 Å². The van der Waals surface area contributed by atoms with E-state index in [-0.39, 0.29) is 6.04 Å². The number of furan rings is 1. The molecule has 20 heavy (non-hydrogen) atoms. The molecule has 0 radical (unpaired) electrons. The summed E-state index contributed by atoms with van der Waals surface area (Å²) in [5.41, 5.74) is 1.09. The molecule has 108 valence electrons. The Hall–Kier alpha value is -0.810. The van der Waals surface area contributed by atoms with Gasteiger partial charge in [0.15, 0.2) is 0 Å². The average molecular weight is 359 g/mol. The van der Waals surface area contributed by atoms with Crippen molar-refractivity contribution >= 4 is 27.5 Å². The van der Waals surface area contributed by atoms with E-state index >= 15 is 0 Å². The standard InChI is InChI=1S/C15H17BrClNO2/c1-3-18-15(12-6-4-10(17)8-13(12)16)14-7-5-11(20-14)9-19-2/h4-8,15,18H,3,9H2,1-2H3.